The summed E-state index contributed by atoms with van der Waals surface area (Å²) in [5.74, 6) is 12.1. The van der Waals surface area contributed by atoms with Gasteiger partial charge in [0.25, 0.3) is 13.4 Å². The molecule has 4 nitrogen and oxygen atoms in total. The Morgan fingerprint density at radius 2 is 0.775 bits per heavy atom. The van der Waals surface area contributed by atoms with Crippen molar-refractivity contribution in [1.82, 2.24) is 0 Å². The fraction of sp³-hybridized carbons (Fsp3) is 0.0588. The maximum absolute atomic E-state index is 6.48. The van der Waals surface area contributed by atoms with Gasteiger partial charge in [-0.3, -0.25) is 0 Å². The fourth-order valence-corrected chi connectivity index (χ4v) is 6.25. The molecule has 0 aromatic heterocycles. The molecule has 0 atom stereocenters. The van der Waals surface area contributed by atoms with Gasteiger partial charge in [-0.05, 0) is 72.1 Å². The molecular weight excluding hydrogens is 494 g/mol. The predicted molar refractivity (Wildman–Crippen MR) is 161 cm³/mol. The zero-order valence-electron chi connectivity index (χ0n) is 22.0. The van der Waals surface area contributed by atoms with Gasteiger partial charge in [-0.1, -0.05) is 54.6 Å². The maximum atomic E-state index is 6.48. The number of hydrogen-bond donors (Lipinski definition) is 0. The van der Waals surface area contributed by atoms with Crippen LogP contribution in [-0.2, 0) is 0 Å². The van der Waals surface area contributed by atoms with Crippen molar-refractivity contribution < 1.29 is 18.9 Å². The van der Waals surface area contributed by atoms with E-state index >= 15 is 0 Å². The first kappa shape index (κ1) is 22.9. The van der Waals surface area contributed by atoms with E-state index in [9.17, 15) is 0 Å². The second-order valence-electron chi connectivity index (χ2n) is 10.1. The summed E-state index contributed by atoms with van der Waals surface area (Å²) in [5.41, 5.74) is 6.69. The summed E-state index contributed by atoms with van der Waals surface area (Å²) >= 11 is 0. The van der Waals surface area contributed by atoms with Gasteiger partial charge in [0.05, 0.1) is 0 Å². The van der Waals surface area contributed by atoms with E-state index in [2.05, 4.69) is 48.2 Å². The third-order valence-electron chi connectivity index (χ3n) is 7.98. The summed E-state index contributed by atoms with van der Waals surface area (Å²) in [6.45, 7) is 3.67. The van der Waals surface area contributed by atoms with Crippen molar-refractivity contribution in [1.29, 1.82) is 0 Å². The molecule has 0 bridgehead atoms. The Kier molecular flexibility index (Phi) is 5.02. The van der Waals surface area contributed by atoms with Gasteiger partial charge in [0.1, 0.15) is 46.0 Å². The van der Waals surface area contributed by atoms with E-state index in [-0.39, 0.29) is 13.4 Å². The van der Waals surface area contributed by atoms with Gasteiger partial charge in [0.2, 0.25) is 0 Å². The molecule has 0 radical (unpaired) electrons. The molecule has 5 aromatic carbocycles. The Hall–Kier alpha value is -5.01. The molecule has 40 heavy (non-hydrogen) atoms. The van der Waals surface area contributed by atoms with Crippen molar-refractivity contribution in [2.75, 3.05) is 0 Å². The minimum Gasteiger partial charge on any atom is -0.458 e. The van der Waals surface area contributed by atoms with E-state index in [4.69, 9.17) is 18.9 Å². The molecule has 0 amide bonds. The van der Waals surface area contributed by atoms with Crippen molar-refractivity contribution in [2.45, 2.75) is 13.8 Å². The summed E-state index contributed by atoms with van der Waals surface area (Å²) < 4.78 is 25.6. The average Bonchev–Trinajstić information content (AvgIpc) is 3.00. The third kappa shape index (κ3) is 3.25. The molecular formula is C34H22B2O4. The number of para-hydroxylation sites is 2. The minimum absolute atomic E-state index is 0.0157. The maximum Gasteiger partial charge on any atom is 0.260 e. The summed E-state index contributed by atoms with van der Waals surface area (Å²) in [5, 5.41) is 0. The second kappa shape index (κ2) is 8.76. The fourth-order valence-electron chi connectivity index (χ4n) is 6.25. The third-order valence-corrected chi connectivity index (χ3v) is 7.98. The van der Waals surface area contributed by atoms with Gasteiger partial charge in [-0.2, -0.15) is 0 Å². The van der Waals surface area contributed by atoms with E-state index in [0.717, 1.165) is 78.8 Å². The Morgan fingerprint density at radius 3 is 1.20 bits per heavy atom. The Balaban J connectivity index is 0.000000579. The zero-order chi connectivity index (χ0) is 26.8. The molecule has 0 saturated carbocycles. The van der Waals surface area contributed by atoms with Crippen molar-refractivity contribution in [3.63, 3.8) is 0 Å². The summed E-state index contributed by atoms with van der Waals surface area (Å²) in [4.78, 5) is 0. The van der Waals surface area contributed by atoms with Gasteiger partial charge in [-0.15, -0.1) is 11.8 Å². The van der Waals surface area contributed by atoms with E-state index in [0.29, 0.717) is 0 Å². The highest BCUT2D eigenvalue weighted by atomic mass is 16.5. The quantitative estimate of drug-likeness (QED) is 0.224. The molecule has 6 heteroatoms. The molecule has 5 aromatic rings. The Morgan fingerprint density at radius 1 is 0.400 bits per heavy atom. The Labute approximate surface area is 233 Å². The van der Waals surface area contributed by atoms with Crippen LogP contribution in [0.2, 0.25) is 0 Å². The lowest BCUT2D eigenvalue weighted by atomic mass is 9.31. The molecule has 0 fully saturated rings. The van der Waals surface area contributed by atoms with Gasteiger partial charge >= 0.3 is 0 Å². The van der Waals surface area contributed by atoms with Crippen LogP contribution in [0.3, 0.4) is 0 Å². The highest BCUT2D eigenvalue weighted by Crippen LogP contribution is 2.38. The van der Waals surface area contributed by atoms with Crippen LogP contribution in [0.1, 0.15) is 13.8 Å². The van der Waals surface area contributed by atoms with Crippen LogP contribution >= 0.6 is 0 Å². The van der Waals surface area contributed by atoms with E-state index in [1.165, 1.54) is 0 Å². The molecule has 0 spiro atoms. The molecule has 4 heterocycles. The number of benzene rings is 5. The molecule has 188 valence electrons. The van der Waals surface area contributed by atoms with Crippen LogP contribution in [0.4, 0.5) is 0 Å². The molecule has 0 N–H and O–H groups in total. The first-order valence-corrected chi connectivity index (χ1v) is 13.4. The lowest BCUT2D eigenvalue weighted by molar-refractivity contribution is 0.451. The number of hydrogen-bond acceptors (Lipinski definition) is 4. The molecule has 4 aliphatic heterocycles. The lowest BCUT2D eigenvalue weighted by Crippen LogP contribution is -2.61. The van der Waals surface area contributed by atoms with E-state index < -0.39 is 0 Å². The lowest BCUT2D eigenvalue weighted by Gasteiger charge is -2.36. The van der Waals surface area contributed by atoms with Crippen molar-refractivity contribution >= 4 is 46.2 Å². The van der Waals surface area contributed by atoms with Crippen LogP contribution < -0.4 is 51.7 Å². The van der Waals surface area contributed by atoms with Crippen LogP contribution in [0.5, 0.6) is 46.0 Å². The molecule has 9 rings (SSSR count). The van der Waals surface area contributed by atoms with E-state index in [1.54, 1.807) is 0 Å². The molecule has 4 aliphatic rings. The summed E-state index contributed by atoms with van der Waals surface area (Å²) in [7, 11) is 0. The van der Waals surface area contributed by atoms with Crippen LogP contribution in [0, 0.1) is 11.8 Å². The highest BCUT2D eigenvalue weighted by Gasteiger charge is 2.44. The summed E-state index contributed by atoms with van der Waals surface area (Å²) in [6, 6.07) is 33.0. The number of ether oxygens (including phenoxy) is 4. The van der Waals surface area contributed by atoms with Crippen LogP contribution in [0.15, 0.2) is 97.1 Å². The molecule has 0 unspecified atom stereocenters. The second-order valence-corrected chi connectivity index (χ2v) is 10.1. The number of fused-ring (bicyclic) bond motifs is 8. The topological polar surface area (TPSA) is 36.9 Å². The standard InChI is InChI=1S/C30H16B2O4.C4H6/c1-3-9-21-17(7-1)31-19-15-20-28(16-27(19)35-25-13-5-11-23(33-21)29(25)31)36-26-14-6-12-24-30(26)32(20)18-8-2-4-10-22(18)34-24;1-3-4-2/h1-16H;1-2H3. The first-order chi connectivity index (χ1) is 19.7. The Bertz CT molecular complexity index is 1790. The first-order valence-electron chi connectivity index (χ1n) is 13.4. The predicted octanol–water partition coefficient (Wildman–Crippen LogP) is 4.17. The van der Waals surface area contributed by atoms with Gasteiger partial charge in [-0.25, -0.2) is 0 Å². The van der Waals surface area contributed by atoms with Gasteiger partial charge in [0.15, 0.2) is 0 Å². The SMILES string of the molecule is CC#CC.c1ccc2c(c1)Oc1cccc3c1B2c1cc2c(cc1O3)Oc1cccc3c1B2c1ccccc1O3. The van der Waals surface area contributed by atoms with Crippen molar-refractivity contribution in [2.24, 2.45) is 0 Å². The van der Waals surface area contributed by atoms with Gasteiger partial charge in [0, 0.05) is 17.0 Å². The normalized spacial score (nSPS) is 13.2. The molecule has 0 aliphatic carbocycles. The van der Waals surface area contributed by atoms with Gasteiger partial charge < -0.3 is 18.9 Å². The van der Waals surface area contributed by atoms with Crippen molar-refractivity contribution in [3.05, 3.63) is 97.1 Å². The van der Waals surface area contributed by atoms with Crippen LogP contribution in [-0.4, -0.2) is 13.4 Å². The summed E-state index contributed by atoms with van der Waals surface area (Å²) in [6.07, 6.45) is 0. The average molecular weight is 516 g/mol. The molecule has 0 saturated heterocycles. The highest BCUT2D eigenvalue weighted by molar-refractivity contribution is 7.01. The largest absolute Gasteiger partial charge is 0.458 e. The smallest absolute Gasteiger partial charge is 0.260 e. The van der Waals surface area contributed by atoms with Crippen molar-refractivity contribution in [3.8, 4) is 57.8 Å². The zero-order valence-corrected chi connectivity index (χ0v) is 22.0. The monoisotopic (exact) mass is 516 g/mol. The van der Waals surface area contributed by atoms with E-state index in [1.807, 2.05) is 74.5 Å². The van der Waals surface area contributed by atoms with Crippen LogP contribution in [0.25, 0.3) is 0 Å². The minimum atomic E-state index is 0.0157. The number of rotatable bonds is 0.